The van der Waals surface area contributed by atoms with Gasteiger partial charge in [0.05, 0.1) is 11.7 Å². The fourth-order valence-corrected chi connectivity index (χ4v) is 2.28. The largest absolute Gasteiger partial charge is 0.476 e. The quantitative estimate of drug-likeness (QED) is 0.933. The van der Waals surface area contributed by atoms with Crippen LogP contribution >= 0.6 is 0 Å². The molecule has 1 aromatic carbocycles. The Morgan fingerprint density at radius 3 is 2.35 bits per heavy atom. The van der Waals surface area contributed by atoms with Gasteiger partial charge in [-0.3, -0.25) is 0 Å². The minimum Gasteiger partial charge on any atom is -0.476 e. The van der Waals surface area contributed by atoms with E-state index < -0.39 is 5.97 Å². The molecule has 0 radical (unpaired) electrons. The van der Waals surface area contributed by atoms with Crippen LogP contribution in [0.1, 0.15) is 55.5 Å². The van der Waals surface area contributed by atoms with Crippen LogP contribution < -0.4 is 0 Å². The lowest BCUT2D eigenvalue weighted by atomic mass is 9.89. The molecule has 106 valence electrons. The Hall–Kier alpha value is -2.17. The van der Waals surface area contributed by atoms with Crippen molar-refractivity contribution in [2.24, 2.45) is 0 Å². The lowest BCUT2D eigenvalue weighted by molar-refractivity contribution is 0.0687. The fraction of sp³-hybridized carbons (Fsp3) is 0.400. The van der Waals surface area contributed by atoms with Crippen LogP contribution in [0, 0.1) is 0 Å². The first-order valence-corrected chi connectivity index (χ1v) is 6.56. The summed E-state index contributed by atoms with van der Waals surface area (Å²) >= 11 is 0. The second-order valence-electron chi connectivity index (χ2n) is 5.87. The van der Waals surface area contributed by atoms with Gasteiger partial charge in [0.1, 0.15) is 0 Å². The molecule has 2 aromatic rings. The molecule has 0 aliphatic rings. The van der Waals surface area contributed by atoms with Crippen molar-refractivity contribution < 1.29 is 9.90 Å². The Bertz CT molecular complexity index is 612. The molecule has 5 nitrogen and oxygen atoms in total. The molecule has 0 amide bonds. The number of aromatic nitrogens is 3. The SMILES string of the molecule is CC(c1ccccc1)n1nnc(C(=O)O)c1C(C)(C)C. The molecule has 1 atom stereocenters. The number of carboxylic acid groups (broad SMARTS) is 1. The van der Waals surface area contributed by atoms with Crippen molar-refractivity contribution in [3.05, 3.63) is 47.3 Å². The third kappa shape index (κ3) is 2.57. The third-order valence-corrected chi connectivity index (χ3v) is 3.26. The smallest absolute Gasteiger partial charge is 0.358 e. The second kappa shape index (κ2) is 5.07. The van der Waals surface area contributed by atoms with Gasteiger partial charge in [-0.1, -0.05) is 56.3 Å². The molecule has 0 saturated carbocycles. The van der Waals surface area contributed by atoms with Crippen LogP contribution in [0.2, 0.25) is 0 Å². The minimum atomic E-state index is -1.04. The monoisotopic (exact) mass is 273 g/mol. The van der Waals surface area contributed by atoms with Crippen LogP contribution in [-0.4, -0.2) is 26.1 Å². The van der Waals surface area contributed by atoms with Gasteiger partial charge in [-0.15, -0.1) is 5.10 Å². The number of hydrogen-bond donors (Lipinski definition) is 1. The number of carboxylic acids is 1. The standard InChI is InChI=1S/C15H19N3O2/c1-10(11-8-6-5-7-9-11)18-13(15(2,3)4)12(14(19)20)16-17-18/h5-10H,1-4H3,(H,19,20). The highest BCUT2D eigenvalue weighted by atomic mass is 16.4. The summed E-state index contributed by atoms with van der Waals surface area (Å²) in [6, 6.07) is 9.80. The Labute approximate surface area is 118 Å². The summed E-state index contributed by atoms with van der Waals surface area (Å²) in [7, 11) is 0. The maximum atomic E-state index is 11.3. The second-order valence-corrected chi connectivity index (χ2v) is 5.87. The summed E-state index contributed by atoms with van der Waals surface area (Å²) in [6.07, 6.45) is 0. The Morgan fingerprint density at radius 2 is 1.85 bits per heavy atom. The number of hydrogen-bond acceptors (Lipinski definition) is 3. The molecule has 0 bridgehead atoms. The minimum absolute atomic E-state index is 0.0280. The van der Waals surface area contributed by atoms with E-state index in [9.17, 15) is 9.90 Å². The average molecular weight is 273 g/mol. The summed E-state index contributed by atoms with van der Waals surface area (Å²) in [5.41, 5.74) is 1.39. The normalized spacial score (nSPS) is 13.2. The van der Waals surface area contributed by atoms with E-state index in [0.29, 0.717) is 5.69 Å². The Balaban J connectivity index is 2.55. The average Bonchev–Trinajstić information content (AvgIpc) is 2.83. The van der Waals surface area contributed by atoms with Crippen LogP contribution in [0.25, 0.3) is 0 Å². The van der Waals surface area contributed by atoms with E-state index in [1.807, 2.05) is 58.0 Å². The fourth-order valence-electron chi connectivity index (χ4n) is 2.28. The molecule has 0 saturated heterocycles. The number of carbonyl (C=O) groups is 1. The molecular weight excluding hydrogens is 254 g/mol. The molecule has 0 aliphatic carbocycles. The maximum Gasteiger partial charge on any atom is 0.358 e. The Morgan fingerprint density at radius 1 is 1.25 bits per heavy atom. The molecule has 0 aliphatic heterocycles. The Kier molecular flexibility index (Phi) is 3.61. The van der Waals surface area contributed by atoms with Crippen molar-refractivity contribution in [3.63, 3.8) is 0 Å². The molecule has 20 heavy (non-hydrogen) atoms. The summed E-state index contributed by atoms with van der Waals surface area (Å²) in [6.45, 7) is 7.88. The lowest BCUT2D eigenvalue weighted by Crippen LogP contribution is -2.24. The van der Waals surface area contributed by atoms with Crippen molar-refractivity contribution >= 4 is 5.97 Å². The highest BCUT2D eigenvalue weighted by Crippen LogP contribution is 2.29. The van der Waals surface area contributed by atoms with Gasteiger partial charge in [0.25, 0.3) is 0 Å². The predicted octanol–water partition coefficient (Wildman–Crippen LogP) is 2.88. The first kappa shape index (κ1) is 14.2. The zero-order chi connectivity index (χ0) is 14.9. The highest BCUT2D eigenvalue weighted by Gasteiger charge is 2.30. The maximum absolute atomic E-state index is 11.3. The lowest BCUT2D eigenvalue weighted by Gasteiger charge is -2.23. The van der Waals surface area contributed by atoms with Crippen molar-refractivity contribution in [2.45, 2.75) is 39.2 Å². The van der Waals surface area contributed by atoms with E-state index in [-0.39, 0.29) is 17.2 Å². The molecule has 1 heterocycles. The molecule has 2 rings (SSSR count). The van der Waals surface area contributed by atoms with E-state index in [1.165, 1.54) is 0 Å². The van der Waals surface area contributed by atoms with Crippen molar-refractivity contribution in [1.82, 2.24) is 15.0 Å². The van der Waals surface area contributed by atoms with E-state index in [1.54, 1.807) is 4.68 Å². The summed E-state index contributed by atoms with van der Waals surface area (Å²) in [5.74, 6) is -1.04. The van der Waals surface area contributed by atoms with E-state index in [2.05, 4.69) is 10.3 Å². The van der Waals surface area contributed by atoms with Crippen LogP contribution in [0.4, 0.5) is 0 Å². The van der Waals surface area contributed by atoms with Gasteiger partial charge in [0.15, 0.2) is 5.69 Å². The van der Waals surface area contributed by atoms with Crippen LogP contribution in [0.3, 0.4) is 0 Å². The van der Waals surface area contributed by atoms with Gasteiger partial charge in [0, 0.05) is 5.41 Å². The zero-order valence-electron chi connectivity index (χ0n) is 12.2. The van der Waals surface area contributed by atoms with Gasteiger partial charge in [-0.25, -0.2) is 9.48 Å². The number of aromatic carboxylic acids is 1. The van der Waals surface area contributed by atoms with Gasteiger partial charge in [-0.2, -0.15) is 0 Å². The third-order valence-electron chi connectivity index (χ3n) is 3.26. The molecule has 1 aromatic heterocycles. The summed E-state index contributed by atoms with van der Waals surface area (Å²) < 4.78 is 1.71. The van der Waals surface area contributed by atoms with Gasteiger partial charge < -0.3 is 5.11 Å². The topological polar surface area (TPSA) is 68.0 Å². The summed E-state index contributed by atoms with van der Waals surface area (Å²) in [4.78, 5) is 11.3. The molecule has 1 unspecified atom stereocenters. The predicted molar refractivity (Wildman–Crippen MR) is 75.9 cm³/mol. The number of benzene rings is 1. The number of rotatable bonds is 3. The van der Waals surface area contributed by atoms with Crippen LogP contribution in [0.15, 0.2) is 30.3 Å². The van der Waals surface area contributed by atoms with Gasteiger partial charge in [0.2, 0.25) is 0 Å². The highest BCUT2D eigenvalue weighted by molar-refractivity contribution is 5.86. The summed E-state index contributed by atoms with van der Waals surface area (Å²) in [5, 5.41) is 17.2. The van der Waals surface area contributed by atoms with Gasteiger partial charge >= 0.3 is 5.97 Å². The van der Waals surface area contributed by atoms with E-state index in [0.717, 1.165) is 5.56 Å². The molecular formula is C15H19N3O2. The molecule has 1 N–H and O–H groups in total. The first-order valence-electron chi connectivity index (χ1n) is 6.56. The van der Waals surface area contributed by atoms with Crippen LogP contribution in [-0.2, 0) is 5.41 Å². The van der Waals surface area contributed by atoms with Crippen LogP contribution in [0.5, 0.6) is 0 Å². The number of nitrogens with zero attached hydrogens (tertiary/aromatic N) is 3. The van der Waals surface area contributed by atoms with Crippen molar-refractivity contribution in [1.29, 1.82) is 0 Å². The molecule has 0 spiro atoms. The molecule has 5 heteroatoms. The first-order chi connectivity index (χ1) is 9.32. The van der Waals surface area contributed by atoms with Crippen molar-refractivity contribution in [3.8, 4) is 0 Å². The van der Waals surface area contributed by atoms with E-state index >= 15 is 0 Å². The zero-order valence-corrected chi connectivity index (χ0v) is 12.2. The van der Waals surface area contributed by atoms with Crippen molar-refractivity contribution in [2.75, 3.05) is 0 Å². The van der Waals surface area contributed by atoms with Gasteiger partial charge in [-0.05, 0) is 12.5 Å². The molecule has 0 fully saturated rings. The van der Waals surface area contributed by atoms with E-state index in [4.69, 9.17) is 0 Å².